The number of fused-ring (bicyclic) bond motifs is 11. The molecule has 20 aromatic rings. The Bertz CT molecular complexity index is 6570. The number of rotatable bonds is 10. The number of aromatic nitrogens is 10. The zero-order valence-electron chi connectivity index (χ0n) is 56.0. The molecule has 0 radical (unpaired) electrons. The summed E-state index contributed by atoms with van der Waals surface area (Å²) < 4.78 is 0. The van der Waals surface area contributed by atoms with Crippen LogP contribution in [0.4, 0.5) is 0 Å². The Kier molecular flexibility index (Phi) is 15.3. The summed E-state index contributed by atoms with van der Waals surface area (Å²) in [6.45, 7) is 0. The van der Waals surface area contributed by atoms with E-state index in [0.29, 0.717) is 0 Å². The van der Waals surface area contributed by atoms with Crippen molar-refractivity contribution >= 4 is 87.2 Å². The van der Waals surface area contributed by atoms with Gasteiger partial charge in [0, 0.05) is 103 Å². The summed E-state index contributed by atoms with van der Waals surface area (Å²) in [5.74, 6) is 0. The second kappa shape index (κ2) is 26.1. The smallest absolute Gasteiger partial charge is 0.0978 e. The van der Waals surface area contributed by atoms with Gasteiger partial charge in [0.25, 0.3) is 0 Å². The number of para-hydroxylation sites is 2. The fourth-order valence-corrected chi connectivity index (χ4v) is 14.5. The SMILES string of the molecule is c1ccc(-c2cc(-c3ccc(-c4ccc5ccc6c(-c7ccncc7)c7ccccc7nc6c5n4)cc3)cc(-c3ccccn3)n2)nc1.c1ccc(-c2cc(-c3ccccc3)cc(-c3c4ccccc4nc4c3ccc3ccc(-c5ccc(-c6ccnc7c6ccc6cccnc67)cc5)nc34)c2)cc1. The molecule has 0 N–H and O–H groups in total. The standard InChI is InChI=1S/C52H32N4.C42H26N6/c1-3-10-33(11-4-1)39-30-40(34-12-5-2-6-13-34)32-41(31-39)48-44-15-7-8-16-47(44)56-52-45(48)25-22-38-23-26-46(55-50(38)52)36-19-17-35(18-20-36)42-27-29-54-51-43(42)24-21-37-14-9-28-53-49(37)51;1-2-8-35-32(7-1)40(29-19-23-43-24-20-29)33-17-15-30-16-18-34(47-41(30)42(33)48-35)28-13-11-27(12-14-28)31-25-38(36-9-3-5-21-44-36)46-39(26-31)37-10-4-6-22-45-37/h1-32H;1-26H. The van der Waals surface area contributed by atoms with Crippen LogP contribution in [-0.4, -0.2) is 49.8 Å². The van der Waals surface area contributed by atoms with Crippen molar-refractivity contribution < 1.29 is 0 Å². The van der Waals surface area contributed by atoms with Gasteiger partial charge in [-0.3, -0.25) is 24.9 Å². The Labute approximate surface area is 598 Å². The van der Waals surface area contributed by atoms with Crippen molar-refractivity contribution in [2.75, 3.05) is 0 Å². The van der Waals surface area contributed by atoms with Crippen LogP contribution >= 0.6 is 0 Å². The summed E-state index contributed by atoms with van der Waals surface area (Å²) in [5, 5.41) is 8.64. The van der Waals surface area contributed by atoms with Gasteiger partial charge < -0.3 is 0 Å². The zero-order valence-corrected chi connectivity index (χ0v) is 56.0. The lowest BCUT2D eigenvalue weighted by molar-refractivity contribution is 1.22. The van der Waals surface area contributed by atoms with E-state index in [1.807, 2.05) is 73.3 Å². The van der Waals surface area contributed by atoms with E-state index in [2.05, 4.69) is 287 Å². The van der Waals surface area contributed by atoms with E-state index in [-0.39, 0.29) is 0 Å². The maximum atomic E-state index is 5.35. The van der Waals surface area contributed by atoms with Crippen LogP contribution in [0, 0.1) is 0 Å². The number of nitrogens with zero attached hydrogens (tertiary/aromatic N) is 10. The van der Waals surface area contributed by atoms with Crippen molar-refractivity contribution in [3.05, 3.63) is 353 Å². The van der Waals surface area contributed by atoms with Gasteiger partial charge in [0.1, 0.15) is 0 Å². The van der Waals surface area contributed by atoms with Crippen LogP contribution in [0.15, 0.2) is 353 Å². The van der Waals surface area contributed by atoms with Gasteiger partial charge in [-0.1, -0.05) is 212 Å². The minimum atomic E-state index is 0.798. The summed E-state index contributed by atoms with van der Waals surface area (Å²) >= 11 is 0. The minimum Gasteiger partial charge on any atom is -0.265 e. The van der Waals surface area contributed by atoms with Crippen molar-refractivity contribution in [3.8, 4) is 112 Å². The van der Waals surface area contributed by atoms with Gasteiger partial charge in [-0.25, -0.2) is 24.9 Å². The first-order chi connectivity index (χ1) is 51.5. The highest BCUT2D eigenvalue weighted by molar-refractivity contribution is 6.18. The molecule has 0 saturated heterocycles. The van der Waals surface area contributed by atoms with Crippen molar-refractivity contribution in [2.45, 2.75) is 0 Å². The first-order valence-electron chi connectivity index (χ1n) is 34.6. The molecule has 0 unspecified atom stereocenters. The third-order valence-corrected chi connectivity index (χ3v) is 19.6. The van der Waals surface area contributed by atoms with Crippen LogP contribution in [0.1, 0.15) is 0 Å². The van der Waals surface area contributed by atoms with E-state index in [1.165, 1.54) is 22.3 Å². The topological polar surface area (TPSA) is 129 Å². The summed E-state index contributed by atoms with van der Waals surface area (Å²) in [6.07, 6.45) is 11.0. The van der Waals surface area contributed by atoms with E-state index >= 15 is 0 Å². The predicted octanol–water partition coefficient (Wildman–Crippen LogP) is 23.2. The molecular formula is C94H58N10. The van der Waals surface area contributed by atoms with Crippen molar-refractivity contribution in [3.63, 3.8) is 0 Å². The lowest BCUT2D eigenvalue weighted by Gasteiger charge is -2.16. The molecule has 10 aromatic carbocycles. The molecule has 0 aliphatic heterocycles. The Morgan fingerprint density at radius 1 is 0.173 bits per heavy atom. The van der Waals surface area contributed by atoms with Gasteiger partial charge in [0.15, 0.2) is 0 Å². The van der Waals surface area contributed by atoms with E-state index in [1.54, 1.807) is 12.4 Å². The van der Waals surface area contributed by atoms with Crippen molar-refractivity contribution in [1.29, 1.82) is 0 Å². The molecular weight excluding hydrogens is 1270 g/mol. The monoisotopic (exact) mass is 1330 g/mol. The molecule has 10 heteroatoms. The van der Waals surface area contributed by atoms with Crippen LogP contribution in [0.3, 0.4) is 0 Å². The maximum Gasteiger partial charge on any atom is 0.0978 e. The zero-order chi connectivity index (χ0) is 68.9. The highest BCUT2D eigenvalue weighted by atomic mass is 14.8. The summed E-state index contributed by atoms with van der Waals surface area (Å²) in [4.78, 5) is 48.7. The fraction of sp³-hybridized carbons (Fsp3) is 0. The Balaban J connectivity index is 0.000000145. The second-order valence-electron chi connectivity index (χ2n) is 25.8. The highest BCUT2D eigenvalue weighted by Crippen LogP contribution is 2.43. The first kappa shape index (κ1) is 60.9. The lowest BCUT2D eigenvalue weighted by atomic mass is 9.90. The largest absolute Gasteiger partial charge is 0.265 e. The van der Waals surface area contributed by atoms with Crippen molar-refractivity contribution in [2.24, 2.45) is 0 Å². The van der Waals surface area contributed by atoms with Crippen LogP contribution in [-0.2, 0) is 0 Å². The van der Waals surface area contributed by atoms with Gasteiger partial charge in [0.05, 0.1) is 78.3 Å². The molecule has 0 amide bonds. The van der Waals surface area contributed by atoms with Crippen LogP contribution in [0.2, 0.25) is 0 Å². The third-order valence-electron chi connectivity index (χ3n) is 19.6. The predicted molar refractivity (Wildman–Crippen MR) is 425 cm³/mol. The van der Waals surface area contributed by atoms with Crippen LogP contribution < -0.4 is 0 Å². The first-order valence-corrected chi connectivity index (χ1v) is 34.6. The average molecular weight is 1330 g/mol. The van der Waals surface area contributed by atoms with E-state index in [4.69, 9.17) is 29.9 Å². The summed E-state index contributed by atoms with van der Waals surface area (Å²) in [5.41, 5.74) is 27.9. The molecule has 0 spiro atoms. The lowest BCUT2D eigenvalue weighted by Crippen LogP contribution is -1.94. The normalized spacial score (nSPS) is 11.5. The molecule has 0 atom stereocenters. The van der Waals surface area contributed by atoms with Crippen LogP contribution in [0.25, 0.3) is 199 Å². The molecule has 10 heterocycles. The third kappa shape index (κ3) is 11.3. The molecule has 0 saturated carbocycles. The van der Waals surface area contributed by atoms with Crippen LogP contribution in [0.5, 0.6) is 0 Å². The molecule has 0 aliphatic carbocycles. The highest BCUT2D eigenvalue weighted by Gasteiger charge is 2.20. The van der Waals surface area contributed by atoms with Gasteiger partial charge >= 0.3 is 0 Å². The second-order valence-corrected chi connectivity index (χ2v) is 25.8. The van der Waals surface area contributed by atoms with E-state index in [0.717, 1.165) is 177 Å². The summed E-state index contributed by atoms with van der Waals surface area (Å²) in [6, 6.07) is 110. The fourth-order valence-electron chi connectivity index (χ4n) is 14.5. The quantitative estimate of drug-likeness (QED) is 0.0964. The molecule has 104 heavy (non-hydrogen) atoms. The Morgan fingerprint density at radius 2 is 0.615 bits per heavy atom. The molecule has 0 aliphatic rings. The molecule has 10 aromatic heterocycles. The minimum absolute atomic E-state index is 0.798. The molecule has 10 nitrogen and oxygen atoms in total. The maximum absolute atomic E-state index is 5.35. The number of pyridine rings is 10. The van der Waals surface area contributed by atoms with Gasteiger partial charge in [-0.05, 0) is 159 Å². The number of hydrogen-bond acceptors (Lipinski definition) is 10. The number of hydrogen-bond donors (Lipinski definition) is 0. The van der Waals surface area contributed by atoms with E-state index < -0.39 is 0 Å². The number of benzene rings is 10. The van der Waals surface area contributed by atoms with Gasteiger partial charge in [-0.15, -0.1) is 0 Å². The Morgan fingerprint density at radius 3 is 1.17 bits per heavy atom. The molecule has 20 rings (SSSR count). The molecule has 484 valence electrons. The van der Waals surface area contributed by atoms with Gasteiger partial charge in [0.2, 0.25) is 0 Å². The molecule has 0 fully saturated rings. The average Bonchev–Trinajstić information content (AvgIpc) is 0.743. The summed E-state index contributed by atoms with van der Waals surface area (Å²) in [7, 11) is 0. The van der Waals surface area contributed by atoms with Gasteiger partial charge in [-0.2, -0.15) is 0 Å². The molecule has 0 bridgehead atoms. The van der Waals surface area contributed by atoms with E-state index in [9.17, 15) is 0 Å². The van der Waals surface area contributed by atoms with Crippen molar-refractivity contribution in [1.82, 2.24) is 49.8 Å². The Hall–Kier alpha value is -14.2.